The Balaban J connectivity index is 2.27. The minimum absolute atomic E-state index is 0.286. The highest BCUT2D eigenvalue weighted by Gasteiger charge is 2.18. The Morgan fingerprint density at radius 1 is 1.21 bits per heavy atom. The summed E-state index contributed by atoms with van der Waals surface area (Å²) in [5, 5.41) is 0.208. The second kappa shape index (κ2) is 6.45. The quantitative estimate of drug-likeness (QED) is 0.583. The first-order chi connectivity index (χ1) is 11.5. The molecule has 0 aliphatic heterocycles. The predicted octanol–water partition coefficient (Wildman–Crippen LogP) is 2.49. The summed E-state index contributed by atoms with van der Waals surface area (Å²) in [6.07, 6.45) is 0. The van der Waals surface area contributed by atoms with Crippen LogP contribution >= 0.6 is 11.8 Å². The smallest absolute Gasteiger partial charge is 0.266 e. The summed E-state index contributed by atoms with van der Waals surface area (Å²) in [5.41, 5.74) is 6.03. The maximum atomic E-state index is 13.2. The molecule has 1 atom stereocenters. The normalized spacial score (nSPS) is 12.2. The van der Waals surface area contributed by atoms with Crippen molar-refractivity contribution in [3.8, 4) is 5.69 Å². The monoisotopic (exact) mass is 343 g/mol. The number of hydrogen-bond donors (Lipinski definition) is 1. The molecule has 3 rings (SSSR count). The van der Waals surface area contributed by atoms with Crippen LogP contribution in [-0.4, -0.2) is 20.7 Å². The predicted molar refractivity (Wildman–Crippen MR) is 91.8 cm³/mol. The molecule has 0 spiro atoms. The van der Waals surface area contributed by atoms with Crippen molar-refractivity contribution >= 4 is 28.6 Å². The van der Waals surface area contributed by atoms with Gasteiger partial charge in [-0.3, -0.25) is 14.2 Å². The Kier molecular flexibility index (Phi) is 4.35. The van der Waals surface area contributed by atoms with Gasteiger partial charge in [-0.25, -0.2) is 9.37 Å². The largest absolute Gasteiger partial charge is 0.369 e. The van der Waals surface area contributed by atoms with Crippen LogP contribution in [0.4, 0.5) is 4.39 Å². The van der Waals surface area contributed by atoms with Gasteiger partial charge in [0.1, 0.15) is 5.82 Å². The third-order valence-electron chi connectivity index (χ3n) is 3.51. The summed E-state index contributed by atoms with van der Waals surface area (Å²) in [4.78, 5) is 28.7. The number of nitrogens with two attached hydrogens (primary N) is 1. The highest BCUT2D eigenvalue weighted by molar-refractivity contribution is 8.00. The molecule has 0 bridgehead atoms. The molecule has 1 heterocycles. The molecule has 1 unspecified atom stereocenters. The Morgan fingerprint density at radius 3 is 2.54 bits per heavy atom. The van der Waals surface area contributed by atoms with Crippen LogP contribution in [0.5, 0.6) is 0 Å². The van der Waals surface area contributed by atoms with E-state index < -0.39 is 17.0 Å². The van der Waals surface area contributed by atoms with E-state index in [0.29, 0.717) is 21.7 Å². The third kappa shape index (κ3) is 3.03. The van der Waals surface area contributed by atoms with Gasteiger partial charge >= 0.3 is 0 Å². The Morgan fingerprint density at radius 2 is 1.88 bits per heavy atom. The van der Waals surface area contributed by atoms with Crippen LogP contribution < -0.4 is 11.3 Å². The molecule has 3 aromatic rings. The van der Waals surface area contributed by atoms with E-state index in [-0.39, 0.29) is 5.56 Å². The fraction of sp³-hybridized carbons (Fsp3) is 0.118. The van der Waals surface area contributed by atoms with Crippen molar-refractivity contribution in [3.05, 3.63) is 64.7 Å². The number of nitrogens with zero attached hydrogens (tertiary/aromatic N) is 2. The molecule has 0 saturated heterocycles. The maximum absolute atomic E-state index is 13.2. The van der Waals surface area contributed by atoms with Gasteiger partial charge in [-0.1, -0.05) is 23.9 Å². The molecule has 0 saturated carbocycles. The van der Waals surface area contributed by atoms with E-state index in [0.717, 1.165) is 11.8 Å². The van der Waals surface area contributed by atoms with Crippen LogP contribution in [0.2, 0.25) is 0 Å². The highest BCUT2D eigenvalue weighted by atomic mass is 32.2. The lowest BCUT2D eigenvalue weighted by Gasteiger charge is -2.15. The number of para-hydroxylation sites is 1. The standard InChI is InChI=1S/C17H14FN3O2S/c1-10(15(19)22)24-17-20-14-5-3-2-4-13(14)16(23)21(17)12-8-6-11(18)7-9-12/h2-10H,1H3,(H2,19,22). The zero-order valence-corrected chi connectivity index (χ0v) is 13.6. The average molecular weight is 343 g/mol. The van der Waals surface area contributed by atoms with Gasteiger partial charge in [0.2, 0.25) is 5.91 Å². The summed E-state index contributed by atoms with van der Waals surface area (Å²) < 4.78 is 14.6. The SMILES string of the molecule is CC(Sc1nc2ccccc2c(=O)n1-c1ccc(F)cc1)C(N)=O. The highest BCUT2D eigenvalue weighted by Crippen LogP contribution is 2.24. The van der Waals surface area contributed by atoms with Crippen LogP contribution in [0.25, 0.3) is 16.6 Å². The van der Waals surface area contributed by atoms with Gasteiger partial charge in [0, 0.05) is 0 Å². The van der Waals surface area contributed by atoms with Crippen molar-refractivity contribution in [1.29, 1.82) is 0 Å². The summed E-state index contributed by atoms with van der Waals surface area (Å²) in [7, 11) is 0. The first-order valence-electron chi connectivity index (χ1n) is 7.21. The number of amides is 1. The lowest BCUT2D eigenvalue weighted by Crippen LogP contribution is -2.26. The van der Waals surface area contributed by atoms with E-state index in [2.05, 4.69) is 4.98 Å². The van der Waals surface area contributed by atoms with Crippen LogP contribution in [0.3, 0.4) is 0 Å². The van der Waals surface area contributed by atoms with Crippen molar-refractivity contribution in [3.63, 3.8) is 0 Å². The fourth-order valence-electron chi connectivity index (χ4n) is 2.23. The van der Waals surface area contributed by atoms with E-state index in [1.807, 2.05) is 0 Å². The molecular formula is C17H14FN3O2S. The first kappa shape index (κ1) is 16.2. The number of rotatable bonds is 4. The fourth-order valence-corrected chi connectivity index (χ4v) is 3.10. The second-order valence-electron chi connectivity index (χ2n) is 5.19. The van der Waals surface area contributed by atoms with Gasteiger partial charge in [-0.05, 0) is 43.3 Å². The molecule has 24 heavy (non-hydrogen) atoms. The van der Waals surface area contributed by atoms with Crippen molar-refractivity contribution in [2.24, 2.45) is 5.73 Å². The van der Waals surface area contributed by atoms with E-state index in [1.165, 1.54) is 28.8 Å². The van der Waals surface area contributed by atoms with E-state index in [9.17, 15) is 14.0 Å². The van der Waals surface area contributed by atoms with Crippen LogP contribution in [0.15, 0.2) is 58.5 Å². The molecule has 0 aliphatic rings. The van der Waals surface area contributed by atoms with Crippen LogP contribution in [0.1, 0.15) is 6.92 Å². The van der Waals surface area contributed by atoms with Gasteiger partial charge in [0.15, 0.2) is 5.16 Å². The number of carbonyl (C=O) groups excluding carboxylic acids is 1. The number of thioether (sulfide) groups is 1. The molecule has 2 N–H and O–H groups in total. The Labute approximate surface area is 141 Å². The zero-order chi connectivity index (χ0) is 17.3. The zero-order valence-electron chi connectivity index (χ0n) is 12.8. The lowest BCUT2D eigenvalue weighted by atomic mass is 10.2. The van der Waals surface area contributed by atoms with E-state index in [4.69, 9.17) is 5.73 Å². The number of hydrogen-bond acceptors (Lipinski definition) is 4. The number of benzene rings is 2. The number of carbonyl (C=O) groups is 1. The molecule has 1 aromatic heterocycles. The molecule has 5 nitrogen and oxygen atoms in total. The molecule has 1 amide bonds. The number of fused-ring (bicyclic) bond motifs is 1. The first-order valence-corrected chi connectivity index (χ1v) is 8.09. The van der Waals surface area contributed by atoms with Gasteiger partial charge in [-0.15, -0.1) is 0 Å². The van der Waals surface area contributed by atoms with Crippen molar-refractivity contribution < 1.29 is 9.18 Å². The summed E-state index contributed by atoms with van der Waals surface area (Å²) >= 11 is 1.09. The minimum atomic E-state index is -0.565. The molecular weight excluding hydrogens is 329 g/mol. The van der Waals surface area contributed by atoms with Gasteiger partial charge < -0.3 is 5.73 Å². The van der Waals surface area contributed by atoms with Crippen LogP contribution in [0, 0.1) is 5.82 Å². The maximum Gasteiger partial charge on any atom is 0.266 e. The molecule has 0 aliphatic carbocycles. The van der Waals surface area contributed by atoms with Crippen molar-refractivity contribution in [2.45, 2.75) is 17.3 Å². The lowest BCUT2D eigenvalue weighted by molar-refractivity contribution is -0.117. The summed E-state index contributed by atoms with van der Waals surface area (Å²) in [6.45, 7) is 1.64. The van der Waals surface area contributed by atoms with Crippen molar-refractivity contribution in [2.75, 3.05) is 0 Å². The average Bonchev–Trinajstić information content (AvgIpc) is 2.56. The topological polar surface area (TPSA) is 78.0 Å². The Bertz CT molecular complexity index is 970. The molecule has 122 valence electrons. The van der Waals surface area contributed by atoms with Crippen LogP contribution in [-0.2, 0) is 4.79 Å². The molecule has 7 heteroatoms. The van der Waals surface area contributed by atoms with Gasteiger partial charge in [0.25, 0.3) is 5.56 Å². The number of aromatic nitrogens is 2. The molecule has 2 aromatic carbocycles. The Hall–Kier alpha value is -2.67. The molecule has 0 radical (unpaired) electrons. The summed E-state index contributed by atoms with van der Waals surface area (Å²) in [6, 6.07) is 12.5. The third-order valence-corrected chi connectivity index (χ3v) is 4.58. The van der Waals surface area contributed by atoms with E-state index in [1.54, 1.807) is 31.2 Å². The second-order valence-corrected chi connectivity index (χ2v) is 6.50. The number of primary amides is 1. The summed E-state index contributed by atoms with van der Waals surface area (Å²) in [5.74, 6) is -0.909. The molecule has 0 fully saturated rings. The van der Waals surface area contributed by atoms with Crippen molar-refractivity contribution in [1.82, 2.24) is 9.55 Å². The van der Waals surface area contributed by atoms with E-state index >= 15 is 0 Å². The number of halogens is 1. The van der Waals surface area contributed by atoms with Gasteiger partial charge in [0.05, 0.1) is 21.8 Å². The minimum Gasteiger partial charge on any atom is -0.369 e. The van der Waals surface area contributed by atoms with Gasteiger partial charge in [-0.2, -0.15) is 0 Å².